The molecule has 198 valence electrons. The fourth-order valence-corrected chi connectivity index (χ4v) is 3.91. The molecule has 2 fully saturated rings. The van der Waals surface area contributed by atoms with Gasteiger partial charge in [-0.25, -0.2) is 0 Å². The van der Waals surface area contributed by atoms with Gasteiger partial charge >= 0.3 is 23.9 Å². The normalized spacial score (nSPS) is 37.1. The molecule has 0 aromatic rings. The monoisotopic (exact) mass is 506 g/mol. The van der Waals surface area contributed by atoms with Crippen molar-refractivity contribution in [2.24, 2.45) is 0 Å². The lowest BCUT2D eigenvalue weighted by Crippen LogP contribution is -2.66. The molecule has 10 atom stereocenters. The number of carbonyl (C=O) groups excluding carboxylic acids is 4. The van der Waals surface area contributed by atoms with E-state index in [1.54, 1.807) is 7.85 Å². The van der Waals surface area contributed by atoms with Gasteiger partial charge in [0, 0.05) is 27.7 Å². The summed E-state index contributed by atoms with van der Waals surface area (Å²) in [4.78, 5) is 46.7. The van der Waals surface area contributed by atoms with Gasteiger partial charge in [0.05, 0.1) is 12.6 Å². The third-order valence-electron chi connectivity index (χ3n) is 5.34. The summed E-state index contributed by atoms with van der Waals surface area (Å²) in [6.45, 7) is 3.39. The lowest BCUT2D eigenvalue weighted by atomic mass is 9.84. The maximum Gasteiger partial charge on any atom is 0.303 e. The van der Waals surface area contributed by atoms with Gasteiger partial charge < -0.3 is 48.5 Å². The van der Waals surface area contributed by atoms with Crippen LogP contribution in [-0.2, 0) is 52.3 Å². The Morgan fingerprint density at radius 3 is 1.80 bits per heavy atom. The standard InChI is InChI=1S/C20H31BO14/c1-7(23)29-6-12-15(17(31-9(3)25)18(19(21)33-12)32-10(4)26)35-20-16(30-8(2)24)14(28)13(27)11(5-22)34-20/h11-20,22,27-28H,5-6,21H2,1-4H3/t11-,12-,13+,14+,15-,16-,17+,18-,19+,20+/m1/s1. The first-order chi connectivity index (χ1) is 16.3. The molecule has 0 aromatic heterocycles. The van der Waals surface area contributed by atoms with Crippen LogP contribution in [0.5, 0.6) is 0 Å². The summed E-state index contributed by atoms with van der Waals surface area (Å²) in [7, 11) is 1.54. The van der Waals surface area contributed by atoms with E-state index in [0.717, 1.165) is 27.7 Å². The van der Waals surface area contributed by atoms with Crippen molar-refractivity contribution in [2.45, 2.75) is 88.8 Å². The second-order valence-corrected chi connectivity index (χ2v) is 8.21. The first-order valence-corrected chi connectivity index (χ1v) is 10.9. The van der Waals surface area contributed by atoms with Gasteiger partial charge in [-0.2, -0.15) is 0 Å². The van der Waals surface area contributed by atoms with E-state index in [1.807, 2.05) is 0 Å². The van der Waals surface area contributed by atoms with E-state index in [0.29, 0.717) is 0 Å². The Bertz CT molecular complexity index is 777. The number of hydrogen-bond donors (Lipinski definition) is 3. The van der Waals surface area contributed by atoms with Gasteiger partial charge in [-0.05, 0) is 0 Å². The highest BCUT2D eigenvalue weighted by atomic mass is 16.7. The molecule has 2 aliphatic rings. The van der Waals surface area contributed by atoms with Gasteiger partial charge in [-0.3, -0.25) is 19.2 Å². The maximum atomic E-state index is 11.9. The number of aliphatic hydroxyl groups excluding tert-OH is 3. The zero-order valence-electron chi connectivity index (χ0n) is 20.0. The Morgan fingerprint density at radius 2 is 1.29 bits per heavy atom. The molecule has 15 heteroatoms. The molecule has 2 heterocycles. The van der Waals surface area contributed by atoms with Gasteiger partial charge in [0.15, 0.2) is 24.6 Å². The number of hydrogen-bond acceptors (Lipinski definition) is 14. The van der Waals surface area contributed by atoms with Crippen LogP contribution in [0.15, 0.2) is 0 Å². The molecule has 2 aliphatic heterocycles. The molecule has 0 saturated carbocycles. The van der Waals surface area contributed by atoms with E-state index in [4.69, 9.17) is 33.2 Å². The largest absolute Gasteiger partial charge is 0.463 e. The molecule has 0 aromatic carbocycles. The molecule has 0 unspecified atom stereocenters. The summed E-state index contributed by atoms with van der Waals surface area (Å²) >= 11 is 0. The lowest BCUT2D eigenvalue weighted by Gasteiger charge is -2.47. The summed E-state index contributed by atoms with van der Waals surface area (Å²) < 4.78 is 38.1. The number of ether oxygens (including phenoxy) is 7. The number of rotatable bonds is 8. The van der Waals surface area contributed by atoms with Crippen molar-refractivity contribution in [1.82, 2.24) is 0 Å². The van der Waals surface area contributed by atoms with Crippen LogP contribution in [0.4, 0.5) is 0 Å². The minimum atomic E-state index is -1.72. The van der Waals surface area contributed by atoms with E-state index in [1.165, 1.54) is 0 Å². The summed E-state index contributed by atoms with van der Waals surface area (Å²) in [5.41, 5.74) is 0. The Morgan fingerprint density at radius 1 is 0.743 bits per heavy atom. The van der Waals surface area contributed by atoms with Crippen molar-refractivity contribution in [3.8, 4) is 0 Å². The summed E-state index contributed by atoms with van der Waals surface area (Å²) in [5, 5.41) is 30.2. The minimum absolute atomic E-state index is 0.367. The van der Waals surface area contributed by atoms with Crippen molar-refractivity contribution in [3.63, 3.8) is 0 Å². The predicted octanol–water partition coefficient (Wildman–Crippen LogP) is -3.47. The van der Waals surface area contributed by atoms with Gasteiger partial charge in [-0.1, -0.05) is 0 Å². The third kappa shape index (κ3) is 7.59. The van der Waals surface area contributed by atoms with Crippen molar-refractivity contribution in [3.05, 3.63) is 0 Å². The second-order valence-electron chi connectivity index (χ2n) is 8.21. The molecule has 0 aliphatic carbocycles. The Hall–Kier alpha value is -2.30. The summed E-state index contributed by atoms with van der Waals surface area (Å²) in [6, 6.07) is -0.835. The van der Waals surface area contributed by atoms with Crippen molar-refractivity contribution >= 4 is 31.7 Å². The molecule has 2 saturated heterocycles. The Balaban J connectivity index is 2.46. The van der Waals surface area contributed by atoms with Gasteiger partial charge in [0.1, 0.15) is 45.0 Å². The predicted molar refractivity (Wildman–Crippen MR) is 113 cm³/mol. The van der Waals surface area contributed by atoms with Crippen LogP contribution in [0.2, 0.25) is 0 Å². The third-order valence-corrected chi connectivity index (χ3v) is 5.34. The van der Waals surface area contributed by atoms with Crippen LogP contribution in [0, 0.1) is 0 Å². The second kappa shape index (κ2) is 12.6. The first-order valence-electron chi connectivity index (χ1n) is 10.9. The summed E-state index contributed by atoms with van der Waals surface area (Å²) in [5.74, 6) is -2.94. The highest BCUT2D eigenvalue weighted by Gasteiger charge is 2.54. The SMILES string of the molecule is B[C@H]1O[C@H](COC(C)=O)[C@@H](O[C@@H]2O[C@H](CO)[C@H](O)[C@H](O)[C@H]2OC(C)=O)[C@H](OC(C)=O)[C@H]1OC(C)=O. The average molecular weight is 506 g/mol. The van der Waals surface area contributed by atoms with Gasteiger partial charge in [0.2, 0.25) is 0 Å². The molecule has 0 bridgehead atoms. The highest BCUT2D eigenvalue weighted by molar-refractivity contribution is 6.11. The van der Waals surface area contributed by atoms with Crippen LogP contribution in [0.1, 0.15) is 27.7 Å². The van der Waals surface area contributed by atoms with Crippen LogP contribution in [0.3, 0.4) is 0 Å². The number of carbonyl (C=O) groups is 4. The summed E-state index contributed by atoms with van der Waals surface area (Å²) in [6.07, 6.45) is -12.7. The lowest BCUT2D eigenvalue weighted by molar-refractivity contribution is -0.340. The fourth-order valence-electron chi connectivity index (χ4n) is 3.91. The van der Waals surface area contributed by atoms with Crippen molar-refractivity contribution < 1.29 is 67.7 Å². The van der Waals surface area contributed by atoms with Crippen LogP contribution >= 0.6 is 0 Å². The van der Waals surface area contributed by atoms with E-state index < -0.39 is 91.6 Å². The molecule has 35 heavy (non-hydrogen) atoms. The van der Waals surface area contributed by atoms with E-state index >= 15 is 0 Å². The molecular formula is C20H31BO14. The number of esters is 4. The van der Waals surface area contributed by atoms with E-state index in [2.05, 4.69) is 0 Å². The van der Waals surface area contributed by atoms with Gasteiger partial charge in [-0.15, -0.1) is 0 Å². The molecule has 2 rings (SSSR count). The van der Waals surface area contributed by atoms with E-state index in [9.17, 15) is 34.5 Å². The van der Waals surface area contributed by atoms with Crippen LogP contribution in [-0.4, -0.2) is 121 Å². The van der Waals surface area contributed by atoms with Crippen LogP contribution < -0.4 is 0 Å². The molecule has 0 radical (unpaired) electrons. The first kappa shape index (κ1) is 28.9. The molecule has 0 amide bonds. The van der Waals surface area contributed by atoms with Crippen LogP contribution in [0.25, 0.3) is 0 Å². The molecule has 3 N–H and O–H groups in total. The van der Waals surface area contributed by atoms with Gasteiger partial charge in [0.25, 0.3) is 0 Å². The smallest absolute Gasteiger partial charge is 0.303 e. The fraction of sp³-hybridized carbons (Fsp3) is 0.800. The Labute approximate surface area is 202 Å². The molecule has 0 spiro atoms. The van der Waals surface area contributed by atoms with Crippen molar-refractivity contribution in [2.75, 3.05) is 13.2 Å². The van der Waals surface area contributed by atoms with Crippen molar-refractivity contribution in [1.29, 1.82) is 0 Å². The van der Waals surface area contributed by atoms with E-state index in [-0.39, 0.29) is 6.61 Å². The molecular weight excluding hydrogens is 475 g/mol. The highest BCUT2D eigenvalue weighted by Crippen LogP contribution is 2.32. The zero-order chi connectivity index (χ0) is 26.4. The zero-order valence-corrected chi connectivity index (χ0v) is 20.0. The average Bonchev–Trinajstić information content (AvgIpc) is 2.75. The molecule has 14 nitrogen and oxygen atoms in total. The Kier molecular flexibility index (Phi) is 10.4. The number of aliphatic hydroxyl groups is 3. The quantitative estimate of drug-likeness (QED) is 0.167. The topological polar surface area (TPSA) is 194 Å². The maximum absolute atomic E-state index is 11.9. The minimum Gasteiger partial charge on any atom is -0.463 e.